The predicted octanol–water partition coefficient (Wildman–Crippen LogP) is 2.41. The highest BCUT2D eigenvalue weighted by Crippen LogP contribution is 2.32. The molecule has 1 aliphatic rings. The van der Waals surface area contributed by atoms with Gasteiger partial charge in [-0.3, -0.25) is 14.5 Å². The lowest BCUT2D eigenvalue weighted by Gasteiger charge is -2.25. The maximum Gasteiger partial charge on any atom is 0.325 e. The molecule has 0 aromatic heterocycles. The first-order chi connectivity index (χ1) is 11.3. The van der Waals surface area contributed by atoms with Crippen molar-refractivity contribution in [3.63, 3.8) is 0 Å². The number of nitrogens with zero attached hydrogens (tertiary/aromatic N) is 1. The second-order valence-electron chi connectivity index (χ2n) is 5.96. The van der Waals surface area contributed by atoms with Gasteiger partial charge in [-0.25, -0.2) is 4.79 Å². The van der Waals surface area contributed by atoms with Gasteiger partial charge in [0, 0.05) is 11.1 Å². The van der Waals surface area contributed by atoms with Gasteiger partial charge < -0.3 is 10.6 Å². The summed E-state index contributed by atoms with van der Waals surface area (Å²) in [6, 6.07) is 6.21. The van der Waals surface area contributed by atoms with Gasteiger partial charge in [0.2, 0.25) is 5.91 Å². The minimum Gasteiger partial charge on any atom is -0.352 e. The fourth-order valence-electron chi connectivity index (χ4n) is 2.71. The number of halogens is 1. The number of imide groups is 1. The first-order valence-electron chi connectivity index (χ1n) is 8.03. The summed E-state index contributed by atoms with van der Waals surface area (Å²) in [5.41, 5.74) is -0.504. The van der Waals surface area contributed by atoms with E-state index in [1.54, 1.807) is 24.3 Å². The second-order valence-corrected chi connectivity index (χ2v) is 6.40. The van der Waals surface area contributed by atoms with Gasteiger partial charge in [0.15, 0.2) is 0 Å². The van der Waals surface area contributed by atoms with Crippen molar-refractivity contribution in [1.82, 2.24) is 15.5 Å². The average Bonchev–Trinajstić information content (AvgIpc) is 2.80. The summed E-state index contributed by atoms with van der Waals surface area (Å²) in [6.45, 7) is 5.34. The lowest BCUT2D eigenvalue weighted by Crippen LogP contribution is -2.45. The fourth-order valence-corrected chi connectivity index (χ4v) is 2.84. The molecule has 7 heteroatoms. The summed E-state index contributed by atoms with van der Waals surface area (Å²) in [6.07, 6.45) is 1.15. The number of urea groups is 1. The van der Waals surface area contributed by atoms with Gasteiger partial charge in [-0.1, -0.05) is 37.6 Å². The van der Waals surface area contributed by atoms with E-state index >= 15 is 0 Å². The Morgan fingerprint density at radius 2 is 1.92 bits per heavy atom. The van der Waals surface area contributed by atoms with Crippen LogP contribution in [0.4, 0.5) is 4.79 Å². The molecule has 1 aliphatic heterocycles. The van der Waals surface area contributed by atoms with E-state index in [0.29, 0.717) is 17.0 Å². The van der Waals surface area contributed by atoms with E-state index in [0.717, 1.165) is 11.3 Å². The van der Waals surface area contributed by atoms with Crippen LogP contribution < -0.4 is 10.6 Å². The van der Waals surface area contributed by atoms with Crippen LogP contribution in [0.15, 0.2) is 24.3 Å². The molecule has 2 N–H and O–H groups in total. The van der Waals surface area contributed by atoms with Crippen molar-refractivity contribution < 1.29 is 14.4 Å². The van der Waals surface area contributed by atoms with Gasteiger partial charge in [-0.05, 0) is 37.5 Å². The normalized spacial score (nSPS) is 21.6. The Hall–Kier alpha value is -2.08. The Kier molecular flexibility index (Phi) is 5.49. The quantitative estimate of drug-likeness (QED) is 0.772. The Morgan fingerprint density at radius 3 is 2.46 bits per heavy atom. The Balaban J connectivity index is 2.23. The fraction of sp³-hybridized carbons (Fsp3) is 0.471. The van der Waals surface area contributed by atoms with Crippen LogP contribution >= 0.6 is 11.6 Å². The Morgan fingerprint density at radius 1 is 1.29 bits per heavy atom. The highest BCUT2D eigenvalue weighted by molar-refractivity contribution is 6.30. The van der Waals surface area contributed by atoms with E-state index in [1.165, 1.54) is 0 Å². The van der Waals surface area contributed by atoms with Crippen molar-refractivity contribution in [2.75, 3.05) is 6.54 Å². The molecule has 0 bridgehead atoms. The third kappa shape index (κ3) is 3.38. The lowest BCUT2D eigenvalue weighted by atomic mass is 9.87. The van der Waals surface area contributed by atoms with Gasteiger partial charge in [-0.2, -0.15) is 0 Å². The molecule has 1 heterocycles. The van der Waals surface area contributed by atoms with Crippen molar-refractivity contribution in [2.45, 2.75) is 45.2 Å². The number of hydrogen-bond acceptors (Lipinski definition) is 3. The predicted molar refractivity (Wildman–Crippen MR) is 91.6 cm³/mol. The topological polar surface area (TPSA) is 78.5 Å². The van der Waals surface area contributed by atoms with Crippen LogP contribution in [0.3, 0.4) is 0 Å². The monoisotopic (exact) mass is 351 g/mol. The van der Waals surface area contributed by atoms with Gasteiger partial charge in [0.1, 0.15) is 12.1 Å². The summed E-state index contributed by atoms with van der Waals surface area (Å²) in [7, 11) is 0. The molecule has 6 nitrogen and oxygen atoms in total. The SMILES string of the molecule is CC[C@H](C)NC(=O)CN1C(=O)N[C@@](CC)(c2ccc(Cl)cc2)C1=O. The van der Waals surface area contributed by atoms with Crippen molar-refractivity contribution in [3.8, 4) is 0 Å². The van der Waals surface area contributed by atoms with Crippen molar-refractivity contribution in [3.05, 3.63) is 34.9 Å². The average molecular weight is 352 g/mol. The van der Waals surface area contributed by atoms with E-state index in [4.69, 9.17) is 11.6 Å². The molecule has 1 saturated heterocycles. The number of hydrogen-bond donors (Lipinski definition) is 2. The van der Waals surface area contributed by atoms with E-state index < -0.39 is 17.5 Å². The minimum atomic E-state index is -1.15. The molecule has 0 spiro atoms. The number of rotatable bonds is 6. The zero-order valence-electron chi connectivity index (χ0n) is 14.1. The molecule has 2 atom stereocenters. The number of carbonyl (C=O) groups excluding carboxylic acids is 3. The van der Waals surface area contributed by atoms with E-state index in [2.05, 4.69) is 10.6 Å². The maximum absolute atomic E-state index is 12.9. The molecule has 0 unspecified atom stereocenters. The highest BCUT2D eigenvalue weighted by Gasteiger charge is 2.51. The summed E-state index contributed by atoms with van der Waals surface area (Å²) < 4.78 is 0. The lowest BCUT2D eigenvalue weighted by molar-refractivity contribution is -0.135. The van der Waals surface area contributed by atoms with Crippen molar-refractivity contribution in [2.24, 2.45) is 0 Å². The first-order valence-corrected chi connectivity index (χ1v) is 8.41. The number of nitrogens with one attached hydrogen (secondary N) is 2. The van der Waals surface area contributed by atoms with E-state index in [1.807, 2.05) is 20.8 Å². The number of benzene rings is 1. The summed E-state index contributed by atoms with van der Waals surface area (Å²) in [5, 5.41) is 6.05. The molecule has 24 heavy (non-hydrogen) atoms. The Labute approximate surface area is 146 Å². The summed E-state index contributed by atoms with van der Waals surface area (Å²) >= 11 is 5.90. The standard InChI is InChI=1S/C17H22ClN3O3/c1-4-11(3)19-14(22)10-21-15(23)17(5-2,20-16(21)24)12-6-8-13(18)9-7-12/h6-9,11H,4-5,10H2,1-3H3,(H,19,22)(H,20,24)/t11-,17-/m0/s1. The third-order valence-corrected chi connectivity index (χ3v) is 4.62. The zero-order valence-corrected chi connectivity index (χ0v) is 14.8. The van der Waals surface area contributed by atoms with Crippen LogP contribution in [-0.2, 0) is 15.1 Å². The van der Waals surface area contributed by atoms with Crippen LogP contribution in [0, 0.1) is 0 Å². The van der Waals surface area contributed by atoms with Crippen molar-refractivity contribution >= 4 is 29.4 Å². The van der Waals surface area contributed by atoms with Crippen LogP contribution in [0.5, 0.6) is 0 Å². The molecule has 130 valence electrons. The van der Waals surface area contributed by atoms with Gasteiger partial charge in [0.05, 0.1) is 0 Å². The molecule has 4 amide bonds. The Bertz CT molecular complexity index is 647. The molecule has 0 aliphatic carbocycles. The largest absolute Gasteiger partial charge is 0.352 e. The molecule has 1 aromatic rings. The number of amides is 4. The van der Waals surface area contributed by atoms with Crippen LogP contribution in [0.1, 0.15) is 39.2 Å². The molecule has 2 rings (SSSR count). The first kappa shape index (κ1) is 18.3. The van der Waals surface area contributed by atoms with Crippen molar-refractivity contribution in [1.29, 1.82) is 0 Å². The summed E-state index contributed by atoms with van der Waals surface area (Å²) in [5.74, 6) is -0.771. The summed E-state index contributed by atoms with van der Waals surface area (Å²) in [4.78, 5) is 38.2. The number of carbonyl (C=O) groups is 3. The molecule has 0 radical (unpaired) electrons. The highest BCUT2D eigenvalue weighted by atomic mass is 35.5. The maximum atomic E-state index is 12.9. The van der Waals surface area contributed by atoms with Gasteiger partial charge in [-0.15, -0.1) is 0 Å². The van der Waals surface area contributed by atoms with E-state index in [-0.39, 0.29) is 18.5 Å². The minimum absolute atomic E-state index is 0.00883. The third-order valence-electron chi connectivity index (χ3n) is 4.36. The van der Waals surface area contributed by atoms with Crippen LogP contribution in [-0.4, -0.2) is 35.3 Å². The molecular formula is C17H22ClN3O3. The smallest absolute Gasteiger partial charge is 0.325 e. The second kappa shape index (κ2) is 7.21. The zero-order chi connectivity index (χ0) is 17.9. The van der Waals surface area contributed by atoms with Gasteiger partial charge in [0.25, 0.3) is 5.91 Å². The van der Waals surface area contributed by atoms with Gasteiger partial charge >= 0.3 is 6.03 Å². The van der Waals surface area contributed by atoms with Crippen LogP contribution in [0.25, 0.3) is 0 Å². The molecule has 1 aromatic carbocycles. The van der Waals surface area contributed by atoms with Crippen LogP contribution in [0.2, 0.25) is 5.02 Å². The molecular weight excluding hydrogens is 330 g/mol. The molecule has 0 saturated carbocycles. The molecule has 1 fully saturated rings. The van der Waals surface area contributed by atoms with E-state index in [9.17, 15) is 14.4 Å².